The molecular weight excluding hydrogens is 388 g/mol. The molecule has 0 saturated heterocycles. The first-order chi connectivity index (χ1) is 6.18. The minimum Gasteiger partial charge on any atom is -0.201 e. The molecule has 1 aromatic carbocycles. The van der Waals surface area contributed by atoms with Gasteiger partial charge in [-0.25, -0.2) is 4.57 Å². The summed E-state index contributed by atoms with van der Waals surface area (Å²) in [5.41, 5.74) is 1.29. The van der Waals surface area contributed by atoms with Crippen molar-refractivity contribution >= 4 is 56.1 Å². The maximum Gasteiger partial charge on any atom is 0.214 e. The van der Waals surface area contributed by atoms with Gasteiger partial charge in [-0.15, -0.1) is 0 Å². The Bertz CT molecular complexity index is 466. The molecule has 1 heterocycles. The molecule has 0 fully saturated rings. The van der Waals surface area contributed by atoms with E-state index >= 15 is 0 Å². The van der Waals surface area contributed by atoms with E-state index < -0.39 is 0 Å². The van der Waals surface area contributed by atoms with Crippen LogP contribution >= 0.6 is 45.2 Å². The molecule has 1 nitrogen and oxygen atoms in total. The van der Waals surface area contributed by atoms with Gasteiger partial charge in [0.2, 0.25) is 5.52 Å². The van der Waals surface area contributed by atoms with Gasteiger partial charge >= 0.3 is 0 Å². The summed E-state index contributed by atoms with van der Waals surface area (Å²) in [6.45, 7) is 0. The molecule has 0 unspecified atom stereocenters. The monoisotopic (exact) mass is 396 g/mol. The van der Waals surface area contributed by atoms with E-state index in [0.717, 1.165) is 0 Å². The van der Waals surface area contributed by atoms with Crippen molar-refractivity contribution in [2.75, 3.05) is 0 Å². The second-order valence-electron chi connectivity index (χ2n) is 2.94. The van der Waals surface area contributed by atoms with Crippen LogP contribution in [-0.2, 0) is 7.05 Å². The summed E-state index contributed by atoms with van der Waals surface area (Å²) in [6, 6.07) is 8.66. The molecule has 0 aliphatic heterocycles. The molecule has 13 heavy (non-hydrogen) atoms. The van der Waals surface area contributed by atoms with Gasteiger partial charge in [-0.1, -0.05) is 0 Å². The van der Waals surface area contributed by atoms with Crippen LogP contribution in [0.5, 0.6) is 0 Å². The summed E-state index contributed by atoms with van der Waals surface area (Å²) in [7, 11) is 2.08. The molecule has 66 valence electrons. The second kappa shape index (κ2) is 3.68. The molecule has 0 spiro atoms. The molecule has 0 amide bonds. The number of aryl methyl sites for hydroxylation is 1. The quantitative estimate of drug-likeness (QED) is 0.477. The second-order valence-corrected chi connectivity index (χ2v) is 5.34. The van der Waals surface area contributed by atoms with Gasteiger partial charge < -0.3 is 0 Å². The summed E-state index contributed by atoms with van der Waals surface area (Å²) in [4.78, 5) is 0. The average Bonchev–Trinajstić information content (AvgIpc) is 2.12. The van der Waals surface area contributed by atoms with Crippen molar-refractivity contribution in [1.82, 2.24) is 0 Å². The van der Waals surface area contributed by atoms with Crippen molar-refractivity contribution in [1.29, 1.82) is 0 Å². The molecule has 2 rings (SSSR count). The van der Waals surface area contributed by atoms with Crippen molar-refractivity contribution in [3.05, 3.63) is 37.6 Å². The van der Waals surface area contributed by atoms with Crippen LogP contribution in [0.2, 0.25) is 0 Å². The first kappa shape index (κ1) is 9.64. The summed E-state index contributed by atoms with van der Waals surface area (Å²) in [5.74, 6) is 0. The van der Waals surface area contributed by atoms with Crippen molar-refractivity contribution in [2.24, 2.45) is 7.05 Å². The van der Waals surface area contributed by atoms with Crippen molar-refractivity contribution in [3.63, 3.8) is 0 Å². The van der Waals surface area contributed by atoms with Gasteiger partial charge in [-0.3, -0.25) is 0 Å². The SMILES string of the molecule is C[n+]1ccc(I)c2ccc(I)cc21. The fourth-order valence-electron chi connectivity index (χ4n) is 1.35. The zero-order chi connectivity index (χ0) is 9.42. The van der Waals surface area contributed by atoms with Crippen molar-refractivity contribution < 1.29 is 4.57 Å². The Balaban J connectivity index is 2.92. The number of hydrogen-bond acceptors (Lipinski definition) is 0. The van der Waals surface area contributed by atoms with E-state index in [2.05, 4.69) is 87.3 Å². The lowest BCUT2D eigenvalue weighted by atomic mass is 10.2. The third-order valence-corrected chi connectivity index (χ3v) is 3.65. The Morgan fingerprint density at radius 2 is 1.92 bits per heavy atom. The molecule has 0 aliphatic carbocycles. The molecular formula is C10H8I2N+. The number of benzene rings is 1. The van der Waals surface area contributed by atoms with E-state index in [0.29, 0.717) is 0 Å². The smallest absolute Gasteiger partial charge is 0.201 e. The van der Waals surface area contributed by atoms with Crippen LogP contribution in [0.25, 0.3) is 10.9 Å². The number of fused-ring (bicyclic) bond motifs is 1. The van der Waals surface area contributed by atoms with Crippen LogP contribution in [0.15, 0.2) is 30.5 Å². The normalized spacial score (nSPS) is 10.7. The minimum atomic E-state index is 1.28. The summed E-state index contributed by atoms with van der Waals surface area (Å²) >= 11 is 4.71. The van der Waals surface area contributed by atoms with Crippen LogP contribution in [0.4, 0.5) is 0 Å². The van der Waals surface area contributed by atoms with E-state index in [9.17, 15) is 0 Å². The number of aromatic nitrogens is 1. The predicted octanol–water partition coefficient (Wildman–Crippen LogP) is 2.87. The lowest BCUT2D eigenvalue weighted by Gasteiger charge is -1.99. The van der Waals surface area contributed by atoms with Crippen LogP contribution in [-0.4, -0.2) is 0 Å². The highest BCUT2D eigenvalue weighted by Crippen LogP contribution is 2.19. The van der Waals surface area contributed by atoms with E-state index in [-0.39, 0.29) is 0 Å². The zero-order valence-electron chi connectivity index (χ0n) is 7.09. The largest absolute Gasteiger partial charge is 0.214 e. The number of hydrogen-bond donors (Lipinski definition) is 0. The molecule has 0 atom stereocenters. The van der Waals surface area contributed by atoms with Gasteiger partial charge in [-0.05, 0) is 57.3 Å². The molecule has 0 aliphatic rings. The summed E-state index contributed by atoms with van der Waals surface area (Å²) < 4.78 is 4.74. The Morgan fingerprint density at radius 1 is 1.15 bits per heavy atom. The lowest BCUT2D eigenvalue weighted by molar-refractivity contribution is -0.645. The zero-order valence-corrected chi connectivity index (χ0v) is 11.4. The molecule has 2 aromatic rings. The van der Waals surface area contributed by atoms with Gasteiger partial charge in [0, 0.05) is 19.3 Å². The Hall–Kier alpha value is 0.0900. The van der Waals surface area contributed by atoms with Gasteiger partial charge in [-0.2, -0.15) is 0 Å². The lowest BCUT2D eigenvalue weighted by Crippen LogP contribution is -2.28. The fourth-order valence-corrected chi connectivity index (χ4v) is 2.44. The fraction of sp³-hybridized carbons (Fsp3) is 0.100. The van der Waals surface area contributed by atoms with Crippen LogP contribution in [0, 0.1) is 7.14 Å². The van der Waals surface area contributed by atoms with Crippen LogP contribution < -0.4 is 4.57 Å². The number of rotatable bonds is 0. The van der Waals surface area contributed by atoms with E-state index in [1.807, 2.05) is 0 Å². The van der Waals surface area contributed by atoms with E-state index in [4.69, 9.17) is 0 Å². The van der Waals surface area contributed by atoms with Crippen LogP contribution in [0.1, 0.15) is 0 Å². The predicted molar refractivity (Wildman–Crippen MR) is 70.6 cm³/mol. The first-order valence-corrected chi connectivity index (χ1v) is 6.07. The molecule has 0 saturated carbocycles. The maximum atomic E-state index is 2.37. The van der Waals surface area contributed by atoms with Gasteiger partial charge in [0.05, 0.1) is 5.39 Å². The topological polar surface area (TPSA) is 3.88 Å². The highest BCUT2D eigenvalue weighted by atomic mass is 127. The molecule has 1 aromatic heterocycles. The Labute approximate surface area is 104 Å². The third-order valence-electron chi connectivity index (χ3n) is 2.04. The molecule has 3 heteroatoms. The van der Waals surface area contributed by atoms with Crippen LogP contribution in [0.3, 0.4) is 0 Å². The van der Waals surface area contributed by atoms with Gasteiger partial charge in [0.1, 0.15) is 7.05 Å². The third kappa shape index (κ3) is 1.81. The summed E-state index contributed by atoms with van der Waals surface area (Å²) in [5, 5.41) is 1.33. The first-order valence-electron chi connectivity index (χ1n) is 3.92. The number of halogens is 2. The Morgan fingerprint density at radius 3 is 2.69 bits per heavy atom. The van der Waals surface area contributed by atoms with Crippen molar-refractivity contribution in [2.45, 2.75) is 0 Å². The highest BCUT2D eigenvalue weighted by Gasteiger charge is 2.07. The summed E-state index contributed by atoms with van der Waals surface area (Å²) in [6.07, 6.45) is 2.10. The van der Waals surface area contributed by atoms with E-state index in [1.165, 1.54) is 18.0 Å². The van der Waals surface area contributed by atoms with E-state index in [1.54, 1.807) is 0 Å². The molecule has 0 bridgehead atoms. The highest BCUT2D eigenvalue weighted by molar-refractivity contribution is 14.1. The number of nitrogens with zero attached hydrogens (tertiary/aromatic N) is 1. The minimum absolute atomic E-state index is 1.28. The molecule has 0 radical (unpaired) electrons. The Kier molecular flexibility index (Phi) is 2.73. The maximum absolute atomic E-state index is 2.37. The molecule has 0 N–H and O–H groups in total. The number of pyridine rings is 1. The standard InChI is InChI=1S/C10H8I2N/c1-13-5-4-9(12)8-3-2-7(11)6-10(8)13/h2-6H,1H3/q+1. The van der Waals surface area contributed by atoms with Crippen molar-refractivity contribution in [3.8, 4) is 0 Å². The average molecular weight is 396 g/mol. The van der Waals surface area contributed by atoms with Gasteiger partial charge in [0.15, 0.2) is 6.20 Å². The van der Waals surface area contributed by atoms with Gasteiger partial charge in [0.25, 0.3) is 0 Å².